The monoisotopic (exact) mass is 205 g/mol. The van der Waals surface area contributed by atoms with Gasteiger partial charge in [0.1, 0.15) is 5.82 Å². The van der Waals surface area contributed by atoms with E-state index >= 15 is 0 Å². The van der Waals surface area contributed by atoms with Gasteiger partial charge >= 0.3 is 0 Å². The van der Waals surface area contributed by atoms with Crippen LogP contribution < -0.4 is 0 Å². The molecular formula is C11H8FNO2. The molecule has 1 aromatic carbocycles. The minimum absolute atomic E-state index is 0.238. The molecule has 2 rings (SSSR count). The number of hydrogen-bond acceptors (Lipinski definition) is 2. The second-order valence-electron chi connectivity index (χ2n) is 3.27. The van der Waals surface area contributed by atoms with E-state index in [1.807, 2.05) is 0 Å². The predicted octanol–water partition coefficient (Wildman–Crippen LogP) is 1.21. The van der Waals surface area contributed by atoms with Crippen LogP contribution in [-0.4, -0.2) is 23.8 Å². The summed E-state index contributed by atoms with van der Waals surface area (Å²) < 4.78 is 12.9. The van der Waals surface area contributed by atoms with Crippen molar-refractivity contribution in [2.75, 3.05) is 7.05 Å². The van der Waals surface area contributed by atoms with Crippen molar-refractivity contribution in [1.29, 1.82) is 0 Å². The van der Waals surface area contributed by atoms with Crippen molar-refractivity contribution in [2.24, 2.45) is 0 Å². The highest BCUT2D eigenvalue weighted by Crippen LogP contribution is 2.22. The molecule has 0 N–H and O–H groups in total. The number of hydrogen-bond donors (Lipinski definition) is 0. The van der Waals surface area contributed by atoms with Gasteiger partial charge in [-0.3, -0.25) is 14.5 Å². The first kappa shape index (κ1) is 9.58. The van der Waals surface area contributed by atoms with Gasteiger partial charge in [-0.25, -0.2) is 4.39 Å². The van der Waals surface area contributed by atoms with Gasteiger partial charge in [0.2, 0.25) is 0 Å². The van der Waals surface area contributed by atoms with E-state index in [1.165, 1.54) is 31.3 Å². The van der Waals surface area contributed by atoms with Crippen molar-refractivity contribution in [3.63, 3.8) is 0 Å². The first-order valence-corrected chi connectivity index (χ1v) is 4.39. The van der Waals surface area contributed by atoms with E-state index in [-0.39, 0.29) is 11.5 Å². The lowest BCUT2D eigenvalue weighted by Crippen LogP contribution is -2.25. The lowest BCUT2D eigenvalue weighted by atomic mass is 10.1. The molecule has 2 amide bonds. The Balaban J connectivity index is 2.45. The number of imide groups is 1. The van der Waals surface area contributed by atoms with Crippen LogP contribution in [0.2, 0.25) is 0 Å². The number of likely N-dealkylation sites (N-methyl/N-ethyl adjacent to an activating group) is 1. The zero-order valence-corrected chi connectivity index (χ0v) is 8.03. The summed E-state index contributed by atoms with van der Waals surface area (Å²) in [5.74, 6) is -1.20. The molecule has 1 aliphatic rings. The fourth-order valence-corrected chi connectivity index (χ4v) is 1.43. The fourth-order valence-electron chi connectivity index (χ4n) is 1.43. The summed E-state index contributed by atoms with van der Waals surface area (Å²) in [5.41, 5.74) is 0.666. The van der Waals surface area contributed by atoms with Gasteiger partial charge in [-0.15, -0.1) is 0 Å². The SMILES string of the molecule is CN1C(=O)C=C(c2cccc(F)c2)C1=O. The highest BCUT2D eigenvalue weighted by atomic mass is 19.1. The molecule has 76 valence electrons. The largest absolute Gasteiger partial charge is 0.278 e. The maximum Gasteiger partial charge on any atom is 0.261 e. The van der Waals surface area contributed by atoms with Crippen molar-refractivity contribution >= 4 is 17.4 Å². The summed E-state index contributed by atoms with van der Waals surface area (Å²) in [6, 6.07) is 5.62. The van der Waals surface area contributed by atoms with E-state index in [0.29, 0.717) is 5.56 Å². The zero-order chi connectivity index (χ0) is 11.0. The zero-order valence-electron chi connectivity index (χ0n) is 8.03. The standard InChI is InChI=1S/C11H8FNO2/c1-13-10(14)6-9(11(13)15)7-3-2-4-8(12)5-7/h2-6H,1H3. The number of benzene rings is 1. The molecule has 1 aromatic rings. The molecule has 0 spiro atoms. The summed E-state index contributed by atoms with van der Waals surface area (Å²) >= 11 is 0. The summed E-state index contributed by atoms with van der Waals surface area (Å²) in [4.78, 5) is 23.7. The van der Waals surface area contributed by atoms with Gasteiger partial charge in [-0.1, -0.05) is 12.1 Å². The molecule has 0 saturated heterocycles. The van der Waals surface area contributed by atoms with Crippen LogP contribution in [0.4, 0.5) is 4.39 Å². The van der Waals surface area contributed by atoms with Crippen LogP contribution in [-0.2, 0) is 9.59 Å². The maximum atomic E-state index is 12.9. The average Bonchev–Trinajstić information content (AvgIpc) is 2.46. The summed E-state index contributed by atoms with van der Waals surface area (Å²) in [6.45, 7) is 0. The lowest BCUT2D eigenvalue weighted by Gasteiger charge is -2.06. The van der Waals surface area contributed by atoms with E-state index < -0.39 is 11.7 Å². The second kappa shape index (κ2) is 3.31. The minimum atomic E-state index is -0.428. The Kier molecular flexibility index (Phi) is 2.11. The number of carbonyl (C=O) groups is 2. The highest BCUT2D eigenvalue weighted by Gasteiger charge is 2.28. The molecule has 0 saturated carbocycles. The van der Waals surface area contributed by atoms with E-state index in [0.717, 1.165) is 4.90 Å². The van der Waals surface area contributed by atoms with Crippen LogP contribution in [0.15, 0.2) is 30.3 Å². The molecule has 0 aromatic heterocycles. The van der Waals surface area contributed by atoms with Crippen LogP contribution in [0.1, 0.15) is 5.56 Å². The van der Waals surface area contributed by atoms with Crippen LogP contribution in [0.3, 0.4) is 0 Å². The van der Waals surface area contributed by atoms with Crippen LogP contribution >= 0.6 is 0 Å². The molecule has 0 bridgehead atoms. The van der Waals surface area contributed by atoms with Crippen molar-refractivity contribution in [3.05, 3.63) is 41.7 Å². The molecular weight excluding hydrogens is 197 g/mol. The molecule has 0 atom stereocenters. The Morgan fingerprint density at radius 2 is 2.00 bits per heavy atom. The molecule has 0 unspecified atom stereocenters. The van der Waals surface area contributed by atoms with Gasteiger partial charge in [0, 0.05) is 13.1 Å². The molecule has 1 heterocycles. The van der Waals surface area contributed by atoms with Crippen molar-refractivity contribution < 1.29 is 14.0 Å². The smallest absolute Gasteiger partial charge is 0.261 e. The third kappa shape index (κ3) is 1.54. The van der Waals surface area contributed by atoms with E-state index in [2.05, 4.69) is 0 Å². The van der Waals surface area contributed by atoms with Gasteiger partial charge in [-0.2, -0.15) is 0 Å². The van der Waals surface area contributed by atoms with E-state index in [1.54, 1.807) is 6.07 Å². The van der Waals surface area contributed by atoms with Gasteiger partial charge in [0.25, 0.3) is 11.8 Å². The molecule has 1 aliphatic heterocycles. The molecule has 0 radical (unpaired) electrons. The number of halogens is 1. The second-order valence-corrected chi connectivity index (χ2v) is 3.27. The topological polar surface area (TPSA) is 37.4 Å². The van der Waals surface area contributed by atoms with Crippen LogP contribution in [0.5, 0.6) is 0 Å². The quantitative estimate of drug-likeness (QED) is 0.646. The maximum absolute atomic E-state index is 12.9. The summed E-state index contributed by atoms with van der Waals surface area (Å²) in [5, 5.41) is 0. The van der Waals surface area contributed by atoms with Crippen molar-refractivity contribution in [2.45, 2.75) is 0 Å². The number of nitrogens with zero attached hydrogens (tertiary/aromatic N) is 1. The fraction of sp³-hybridized carbons (Fsp3) is 0.0909. The Morgan fingerprint density at radius 3 is 2.53 bits per heavy atom. The highest BCUT2D eigenvalue weighted by molar-refractivity contribution is 6.33. The van der Waals surface area contributed by atoms with Crippen molar-refractivity contribution in [3.8, 4) is 0 Å². The Morgan fingerprint density at radius 1 is 1.27 bits per heavy atom. The molecule has 4 heteroatoms. The van der Waals surface area contributed by atoms with Gasteiger partial charge in [0.05, 0.1) is 5.57 Å². The number of amides is 2. The summed E-state index contributed by atoms with van der Waals surface area (Å²) in [6.07, 6.45) is 1.22. The predicted molar refractivity (Wildman–Crippen MR) is 52.2 cm³/mol. The number of carbonyl (C=O) groups excluding carboxylic acids is 2. The van der Waals surface area contributed by atoms with Gasteiger partial charge in [0.15, 0.2) is 0 Å². The Labute approximate surface area is 85.8 Å². The van der Waals surface area contributed by atoms with Crippen LogP contribution in [0.25, 0.3) is 5.57 Å². The molecule has 15 heavy (non-hydrogen) atoms. The minimum Gasteiger partial charge on any atom is -0.278 e. The normalized spacial score (nSPS) is 15.9. The van der Waals surface area contributed by atoms with Gasteiger partial charge in [-0.05, 0) is 17.7 Å². The summed E-state index contributed by atoms with van der Waals surface area (Å²) in [7, 11) is 1.40. The van der Waals surface area contributed by atoms with Gasteiger partial charge < -0.3 is 0 Å². The Bertz CT molecular complexity index is 479. The third-order valence-corrected chi connectivity index (χ3v) is 2.27. The Hall–Kier alpha value is -1.97. The van der Waals surface area contributed by atoms with E-state index in [9.17, 15) is 14.0 Å². The van der Waals surface area contributed by atoms with Crippen LogP contribution in [0, 0.1) is 5.82 Å². The molecule has 3 nitrogen and oxygen atoms in total. The number of rotatable bonds is 1. The average molecular weight is 205 g/mol. The first-order valence-electron chi connectivity index (χ1n) is 4.39. The molecule has 0 aliphatic carbocycles. The lowest BCUT2D eigenvalue weighted by molar-refractivity contribution is -0.134. The molecule has 0 fully saturated rings. The van der Waals surface area contributed by atoms with E-state index in [4.69, 9.17) is 0 Å². The third-order valence-electron chi connectivity index (χ3n) is 2.27. The van der Waals surface area contributed by atoms with Crippen molar-refractivity contribution in [1.82, 2.24) is 4.90 Å². The first-order chi connectivity index (χ1) is 7.09.